The second-order valence-corrected chi connectivity index (χ2v) is 6.86. The highest BCUT2D eigenvalue weighted by Gasteiger charge is 2.24. The summed E-state index contributed by atoms with van der Waals surface area (Å²) in [6.07, 6.45) is 3.87. The Kier molecular flexibility index (Phi) is 6.71. The van der Waals surface area contributed by atoms with Gasteiger partial charge in [-0.15, -0.1) is 0 Å². The zero-order valence-electron chi connectivity index (χ0n) is 15.8. The zero-order valence-corrected chi connectivity index (χ0v) is 15.8. The Balaban J connectivity index is 0.000000159. The van der Waals surface area contributed by atoms with Crippen molar-refractivity contribution in [1.29, 1.82) is 0 Å². The lowest BCUT2D eigenvalue weighted by molar-refractivity contribution is -0.144. The van der Waals surface area contributed by atoms with Gasteiger partial charge in [0.15, 0.2) is 0 Å². The smallest absolute Gasteiger partial charge is 0.328 e. The molecule has 0 bridgehead atoms. The van der Waals surface area contributed by atoms with Crippen LogP contribution in [0.2, 0.25) is 0 Å². The Bertz CT molecular complexity index is 763. The molecule has 2 heterocycles. The normalized spacial score (nSPS) is 19.9. The van der Waals surface area contributed by atoms with Gasteiger partial charge in [0.25, 0.3) is 0 Å². The lowest BCUT2D eigenvalue weighted by Gasteiger charge is -2.25. The van der Waals surface area contributed by atoms with E-state index in [1.807, 2.05) is 31.2 Å². The number of nitrogens with one attached hydrogen (secondary N) is 2. The van der Waals surface area contributed by atoms with Gasteiger partial charge < -0.3 is 20.5 Å². The van der Waals surface area contributed by atoms with Crippen molar-refractivity contribution >= 4 is 17.3 Å². The number of carbonyl (C=O) groups is 1. The number of aliphatic hydroxyl groups excluding tert-OH is 1. The molecule has 0 aliphatic carbocycles. The number of carbonyl (C=O) groups excluding carboxylic acids is 1. The molecule has 0 aromatic heterocycles. The highest BCUT2D eigenvalue weighted by Crippen LogP contribution is 2.25. The van der Waals surface area contributed by atoms with Crippen molar-refractivity contribution in [2.24, 2.45) is 0 Å². The number of hydrogen-bond donors (Lipinski definition) is 3. The summed E-state index contributed by atoms with van der Waals surface area (Å²) in [5.74, 6) is -0.146. The molecular weight excluding hydrogens is 340 g/mol. The van der Waals surface area contributed by atoms with Crippen LogP contribution in [0, 0.1) is 0 Å². The first-order valence-electron chi connectivity index (χ1n) is 9.67. The number of aryl methyl sites for hydroxylation is 2. The fraction of sp³-hybridized carbons (Fsp3) is 0.409. The third-order valence-corrected chi connectivity index (χ3v) is 4.98. The van der Waals surface area contributed by atoms with Gasteiger partial charge in [-0.2, -0.15) is 0 Å². The highest BCUT2D eigenvalue weighted by atomic mass is 16.5. The fourth-order valence-corrected chi connectivity index (χ4v) is 3.50. The van der Waals surface area contributed by atoms with E-state index in [0.29, 0.717) is 6.61 Å². The zero-order chi connectivity index (χ0) is 19.1. The van der Waals surface area contributed by atoms with Crippen LogP contribution in [0.5, 0.6) is 0 Å². The Morgan fingerprint density at radius 3 is 2.22 bits per heavy atom. The Labute approximate surface area is 160 Å². The first-order valence-corrected chi connectivity index (χ1v) is 9.67. The minimum atomic E-state index is -0.181. The molecule has 4 rings (SSSR count). The first kappa shape index (κ1) is 19.2. The molecule has 0 amide bonds. The van der Waals surface area contributed by atoms with Crippen LogP contribution in [0.3, 0.4) is 0 Å². The molecule has 2 unspecified atom stereocenters. The maximum atomic E-state index is 11.5. The molecule has 2 atom stereocenters. The number of rotatable bonds is 3. The van der Waals surface area contributed by atoms with E-state index >= 15 is 0 Å². The Hall–Kier alpha value is -2.53. The summed E-state index contributed by atoms with van der Waals surface area (Å²) >= 11 is 0. The fourth-order valence-electron chi connectivity index (χ4n) is 3.50. The summed E-state index contributed by atoms with van der Waals surface area (Å²) < 4.78 is 4.99. The van der Waals surface area contributed by atoms with Crippen LogP contribution in [-0.4, -0.2) is 36.4 Å². The van der Waals surface area contributed by atoms with Crippen LogP contribution in [-0.2, 0) is 22.4 Å². The minimum Gasteiger partial charge on any atom is -0.464 e. The van der Waals surface area contributed by atoms with Gasteiger partial charge in [0.1, 0.15) is 6.04 Å². The van der Waals surface area contributed by atoms with Gasteiger partial charge in [-0.3, -0.25) is 0 Å². The predicted octanol–water partition coefficient (Wildman–Crippen LogP) is 3.38. The molecule has 5 nitrogen and oxygen atoms in total. The number of para-hydroxylation sites is 2. The number of aliphatic hydroxyl groups is 1. The summed E-state index contributed by atoms with van der Waals surface area (Å²) in [6.45, 7) is 2.50. The van der Waals surface area contributed by atoms with Crippen molar-refractivity contribution in [1.82, 2.24) is 0 Å². The molecule has 3 N–H and O–H groups in total. The summed E-state index contributed by atoms with van der Waals surface area (Å²) in [6, 6.07) is 16.4. The van der Waals surface area contributed by atoms with E-state index in [4.69, 9.17) is 9.84 Å². The molecule has 27 heavy (non-hydrogen) atoms. The van der Waals surface area contributed by atoms with Gasteiger partial charge in [0, 0.05) is 17.4 Å². The molecule has 2 aliphatic heterocycles. The van der Waals surface area contributed by atoms with Crippen LogP contribution in [0.25, 0.3) is 0 Å². The van der Waals surface area contributed by atoms with E-state index in [-0.39, 0.29) is 24.7 Å². The molecular formula is C22H28N2O3. The van der Waals surface area contributed by atoms with E-state index < -0.39 is 0 Å². The molecule has 0 fully saturated rings. The second kappa shape index (κ2) is 9.42. The first-order chi connectivity index (χ1) is 13.2. The van der Waals surface area contributed by atoms with Crippen molar-refractivity contribution in [3.8, 4) is 0 Å². The highest BCUT2D eigenvalue weighted by molar-refractivity contribution is 5.80. The van der Waals surface area contributed by atoms with Crippen molar-refractivity contribution in [3.05, 3.63) is 59.7 Å². The topological polar surface area (TPSA) is 70.6 Å². The number of anilines is 2. The molecule has 2 aromatic carbocycles. The van der Waals surface area contributed by atoms with E-state index in [1.54, 1.807) is 0 Å². The number of hydrogen-bond acceptors (Lipinski definition) is 5. The van der Waals surface area contributed by atoms with Crippen molar-refractivity contribution < 1.29 is 14.6 Å². The molecule has 0 spiro atoms. The standard InChI is InChI=1S/C12H15NO2.C10H13NO/c1-2-15-12(14)11-8-7-9-5-3-4-6-10(9)13-11;12-7-9-6-5-8-3-1-2-4-10(8)11-9/h3-6,11,13H,2,7-8H2,1H3;1-4,9,11-12H,5-7H2. The van der Waals surface area contributed by atoms with Gasteiger partial charge in [-0.1, -0.05) is 36.4 Å². The number of ether oxygens (including phenoxy) is 1. The number of fused-ring (bicyclic) bond motifs is 2. The van der Waals surface area contributed by atoms with Gasteiger partial charge in [0.2, 0.25) is 0 Å². The molecule has 144 valence electrons. The molecule has 0 radical (unpaired) electrons. The third kappa shape index (κ3) is 5.01. The Morgan fingerprint density at radius 2 is 1.59 bits per heavy atom. The van der Waals surface area contributed by atoms with Gasteiger partial charge in [0.05, 0.1) is 13.2 Å². The van der Waals surface area contributed by atoms with Gasteiger partial charge >= 0.3 is 5.97 Å². The van der Waals surface area contributed by atoms with Crippen molar-refractivity contribution in [3.63, 3.8) is 0 Å². The number of benzene rings is 2. The van der Waals surface area contributed by atoms with Gasteiger partial charge in [-0.05, 0) is 55.9 Å². The third-order valence-electron chi connectivity index (χ3n) is 4.98. The van der Waals surface area contributed by atoms with Crippen LogP contribution < -0.4 is 10.6 Å². The van der Waals surface area contributed by atoms with E-state index in [9.17, 15) is 4.79 Å². The van der Waals surface area contributed by atoms with E-state index in [1.165, 1.54) is 16.8 Å². The predicted molar refractivity (Wildman–Crippen MR) is 108 cm³/mol. The molecule has 0 saturated heterocycles. The van der Waals surface area contributed by atoms with Crippen molar-refractivity contribution in [2.75, 3.05) is 23.8 Å². The van der Waals surface area contributed by atoms with Crippen LogP contribution in [0.15, 0.2) is 48.5 Å². The molecule has 5 heteroatoms. The molecule has 0 saturated carbocycles. The summed E-state index contributed by atoms with van der Waals surface area (Å²) in [5, 5.41) is 15.5. The minimum absolute atomic E-state index is 0.146. The number of esters is 1. The van der Waals surface area contributed by atoms with Crippen LogP contribution >= 0.6 is 0 Å². The Morgan fingerprint density at radius 1 is 1.00 bits per heavy atom. The average Bonchev–Trinajstić information content (AvgIpc) is 2.73. The summed E-state index contributed by atoms with van der Waals surface area (Å²) in [4.78, 5) is 11.5. The maximum absolute atomic E-state index is 11.5. The van der Waals surface area contributed by atoms with E-state index in [2.05, 4.69) is 34.9 Å². The van der Waals surface area contributed by atoms with Crippen molar-refractivity contribution in [2.45, 2.75) is 44.7 Å². The molecule has 2 aliphatic rings. The average molecular weight is 368 g/mol. The largest absolute Gasteiger partial charge is 0.464 e. The van der Waals surface area contributed by atoms with Crippen LogP contribution in [0.1, 0.15) is 30.9 Å². The van der Waals surface area contributed by atoms with E-state index in [0.717, 1.165) is 31.4 Å². The lowest BCUT2D eigenvalue weighted by Crippen LogP contribution is -2.34. The SMILES string of the molecule is CCOC(=O)C1CCc2ccccc2N1.OCC1CCc2ccccc2N1. The van der Waals surface area contributed by atoms with Gasteiger partial charge in [-0.25, -0.2) is 4.79 Å². The lowest BCUT2D eigenvalue weighted by atomic mass is 9.98. The monoisotopic (exact) mass is 368 g/mol. The summed E-state index contributed by atoms with van der Waals surface area (Å²) in [5.41, 5.74) is 4.88. The van der Waals surface area contributed by atoms with Crippen LogP contribution in [0.4, 0.5) is 11.4 Å². The summed E-state index contributed by atoms with van der Waals surface area (Å²) in [7, 11) is 0. The molecule has 2 aromatic rings. The second-order valence-electron chi connectivity index (χ2n) is 6.86. The quantitative estimate of drug-likeness (QED) is 0.725. The maximum Gasteiger partial charge on any atom is 0.328 e.